The number of carbonyl (C=O) groups excluding carboxylic acids is 1. The minimum Gasteiger partial charge on any atom is -0.352 e. The van der Waals surface area contributed by atoms with Crippen LogP contribution in [0.3, 0.4) is 0 Å². The third kappa shape index (κ3) is 4.25. The smallest absolute Gasteiger partial charge is 0.239 e. The van der Waals surface area contributed by atoms with Gasteiger partial charge in [0.05, 0.1) is 11.1 Å². The first kappa shape index (κ1) is 16.4. The second kappa shape index (κ2) is 7.87. The first-order valence-electron chi connectivity index (χ1n) is 7.02. The number of carbonyl (C=O) groups is 1. The van der Waals surface area contributed by atoms with Crippen LogP contribution in [-0.2, 0) is 4.79 Å². The van der Waals surface area contributed by atoms with E-state index in [9.17, 15) is 4.79 Å². The summed E-state index contributed by atoms with van der Waals surface area (Å²) in [4.78, 5) is 20.5. The van der Waals surface area contributed by atoms with E-state index >= 15 is 0 Å². The second-order valence-corrected chi connectivity index (χ2v) is 6.40. The molecule has 0 unspecified atom stereocenters. The third-order valence-corrected chi connectivity index (χ3v) is 4.52. The molecule has 0 bridgehead atoms. The molecule has 1 saturated heterocycles. The highest BCUT2D eigenvalue weighted by molar-refractivity contribution is 7.98. The van der Waals surface area contributed by atoms with Crippen LogP contribution >= 0.6 is 23.4 Å². The monoisotopic (exact) mass is 328 g/mol. The van der Waals surface area contributed by atoms with Crippen LogP contribution in [0.5, 0.6) is 0 Å². The molecule has 0 aromatic carbocycles. The number of halogens is 1. The predicted molar refractivity (Wildman–Crippen MR) is 89.0 cm³/mol. The summed E-state index contributed by atoms with van der Waals surface area (Å²) in [5, 5.41) is 0.647. The molecule has 1 amide bonds. The molecule has 0 radical (unpaired) electrons. The highest BCUT2D eigenvalue weighted by Gasteiger charge is 2.26. The summed E-state index contributed by atoms with van der Waals surface area (Å²) in [5.41, 5.74) is 5.95. The van der Waals surface area contributed by atoms with Gasteiger partial charge in [-0.05, 0) is 30.6 Å². The maximum Gasteiger partial charge on any atom is 0.239 e. The van der Waals surface area contributed by atoms with Gasteiger partial charge in [0, 0.05) is 32.4 Å². The first-order chi connectivity index (χ1) is 10.1. The number of aromatic nitrogens is 1. The van der Waals surface area contributed by atoms with Crippen LogP contribution in [0.2, 0.25) is 5.02 Å². The molecule has 21 heavy (non-hydrogen) atoms. The molecule has 7 heteroatoms. The normalized spacial score (nSPS) is 16.9. The summed E-state index contributed by atoms with van der Waals surface area (Å²) in [5.74, 6) is 1.75. The van der Waals surface area contributed by atoms with Gasteiger partial charge in [0.25, 0.3) is 0 Å². The van der Waals surface area contributed by atoms with Gasteiger partial charge in [-0.2, -0.15) is 11.8 Å². The number of pyridine rings is 1. The van der Waals surface area contributed by atoms with Gasteiger partial charge >= 0.3 is 0 Å². The molecular formula is C14H21ClN4OS. The van der Waals surface area contributed by atoms with Crippen molar-refractivity contribution in [3.05, 3.63) is 23.4 Å². The largest absolute Gasteiger partial charge is 0.352 e. The lowest BCUT2D eigenvalue weighted by atomic mass is 10.2. The first-order valence-corrected chi connectivity index (χ1v) is 8.79. The SMILES string of the molecule is CSCC[C@H](N)C(=O)N1CCN(c2ncccc2Cl)CC1. The number of nitrogens with two attached hydrogens (primary N) is 1. The van der Waals surface area contributed by atoms with Crippen LogP contribution in [0.15, 0.2) is 18.3 Å². The standard InChI is InChI=1S/C14H21ClN4OS/c1-21-10-4-12(16)14(20)19-8-6-18(7-9-19)13-11(15)3-2-5-17-13/h2-3,5,12H,4,6-10,16H2,1H3/t12-/m0/s1. The number of hydrogen-bond acceptors (Lipinski definition) is 5. The van der Waals surface area contributed by atoms with E-state index in [0.29, 0.717) is 18.1 Å². The maximum absolute atomic E-state index is 12.2. The Morgan fingerprint density at radius 2 is 2.19 bits per heavy atom. The van der Waals surface area contributed by atoms with Crippen LogP contribution in [-0.4, -0.2) is 60.0 Å². The van der Waals surface area contributed by atoms with Crippen molar-refractivity contribution in [2.45, 2.75) is 12.5 Å². The zero-order valence-electron chi connectivity index (χ0n) is 12.2. The van der Waals surface area contributed by atoms with Crippen molar-refractivity contribution in [1.82, 2.24) is 9.88 Å². The second-order valence-electron chi connectivity index (χ2n) is 5.01. The summed E-state index contributed by atoms with van der Waals surface area (Å²) in [6, 6.07) is 3.26. The number of nitrogens with zero attached hydrogens (tertiary/aromatic N) is 3. The Bertz CT molecular complexity index is 480. The van der Waals surface area contributed by atoms with Crippen molar-refractivity contribution in [2.75, 3.05) is 43.1 Å². The molecule has 1 atom stereocenters. The Balaban J connectivity index is 1.88. The number of anilines is 1. The fourth-order valence-electron chi connectivity index (χ4n) is 2.35. The van der Waals surface area contributed by atoms with Crippen LogP contribution in [0.25, 0.3) is 0 Å². The summed E-state index contributed by atoms with van der Waals surface area (Å²) in [6.45, 7) is 2.80. The van der Waals surface area contributed by atoms with Crippen LogP contribution in [0.4, 0.5) is 5.82 Å². The van der Waals surface area contributed by atoms with Gasteiger partial charge in [-0.25, -0.2) is 4.98 Å². The lowest BCUT2D eigenvalue weighted by Gasteiger charge is -2.36. The average molecular weight is 329 g/mol. The number of thioether (sulfide) groups is 1. The Kier molecular flexibility index (Phi) is 6.14. The highest BCUT2D eigenvalue weighted by Crippen LogP contribution is 2.23. The van der Waals surface area contributed by atoms with Crippen molar-refractivity contribution < 1.29 is 4.79 Å². The van der Waals surface area contributed by atoms with E-state index in [1.807, 2.05) is 23.3 Å². The van der Waals surface area contributed by atoms with E-state index in [1.165, 1.54) is 0 Å². The van der Waals surface area contributed by atoms with Crippen molar-refractivity contribution >= 4 is 35.1 Å². The van der Waals surface area contributed by atoms with E-state index < -0.39 is 0 Å². The fourth-order valence-corrected chi connectivity index (χ4v) is 3.08. The Labute approximate surface area is 134 Å². The minimum absolute atomic E-state index is 0.0517. The maximum atomic E-state index is 12.2. The third-order valence-electron chi connectivity index (χ3n) is 3.58. The van der Waals surface area contributed by atoms with E-state index in [0.717, 1.165) is 31.1 Å². The lowest BCUT2D eigenvalue weighted by Crippen LogP contribution is -2.53. The van der Waals surface area contributed by atoms with Crippen molar-refractivity contribution in [2.24, 2.45) is 5.73 Å². The molecule has 1 aromatic heterocycles. The van der Waals surface area contributed by atoms with Gasteiger partial charge in [-0.3, -0.25) is 4.79 Å². The summed E-state index contributed by atoms with van der Waals surface area (Å²) in [6.07, 6.45) is 4.48. The average Bonchev–Trinajstić information content (AvgIpc) is 2.52. The van der Waals surface area contributed by atoms with E-state index in [4.69, 9.17) is 17.3 Å². The molecule has 1 aliphatic heterocycles. The molecule has 5 nitrogen and oxygen atoms in total. The molecule has 1 aliphatic rings. The topological polar surface area (TPSA) is 62.5 Å². The van der Waals surface area contributed by atoms with Gasteiger partial charge in [-0.1, -0.05) is 11.6 Å². The van der Waals surface area contributed by atoms with Gasteiger partial charge in [0.1, 0.15) is 5.82 Å². The Hall–Kier alpha value is -0.980. The van der Waals surface area contributed by atoms with Crippen LogP contribution < -0.4 is 10.6 Å². The highest BCUT2D eigenvalue weighted by atomic mass is 35.5. The molecule has 1 fully saturated rings. The van der Waals surface area contributed by atoms with Crippen molar-refractivity contribution in [3.8, 4) is 0 Å². The Morgan fingerprint density at radius 3 is 2.81 bits per heavy atom. The quantitative estimate of drug-likeness (QED) is 0.886. The summed E-state index contributed by atoms with van der Waals surface area (Å²) >= 11 is 7.87. The number of hydrogen-bond donors (Lipinski definition) is 1. The zero-order valence-corrected chi connectivity index (χ0v) is 13.7. The van der Waals surface area contributed by atoms with E-state index in [1.54, 1.807) is 18.0 Å². The number of amides is 1. The molecule has 0 spiro atoms. The number of piperazine rings is 1. The molecule has 1 aromatic rings. The van der Waals surface area contributed by atoms with Crippen LogP contribution in [0.1, 0.15) is 6.42 Å². The molecule has 2 rings (SSSR count). The molecular weight excluding hydrogens is 308 g/mol. The van der Waals surface area contributed by atoms with Gasteiger partial charge in [0.2, 0.25) is 5.91 Å². The van der Waals surface area contributed by atoms with Crippen molar-refractivity contribution in [3.63, 3.8) is 0 Å². The van der Waals surface area contributed by atoms with E-state index in [2.05, 4.69) is 9.88 Å². The predicted octanol–water partition coefficient (Wildman–Crippen LogP) is 1.46. The fraction of sp³-hybridized carbons (Fsp3) is 0.571. The molecule has 0 saturated carbocycles. The Morgan fingerprint density at radius 1 is 1.48 bits per heavy atom. The van der Waals surface area contributed by atoms with E-state index in [-0.39, 0.29) is 11.9 Å². The van der Waals surface area contributed by atoms with Crippen molar-refractivity contribution in [1.29, 1.82) is 0 Å². The van der Waals surface area contributed by atoms with Gasteiger partial charge in [0.15, 0.2) is 0 Å². The van der Waals surface area contributed by atoms with Gasteiger partial charge in [-0.15, -0.1) is 0 Å². The minimum atomic E-state index is -0.387. The molecule has 116 valence electrons. The van der Waals surface area contributed by atoms with Gasteiger partial charge < -0.3 is 15.5 Å². The molecule has 2 N–H and O–H groups in total. The lowest BCUT2D eigenvalue weighted by molar-refractivity contribution is -0.132. The summed E-state index contributed by atoms with van der Waals surface area (Å²) in [7, 11) is 0. The molecule has 0 aliphatic carbocycles. The zero-order chi connectivity index (χ0) is 15.2. The number of rotatable bonds is 5. The molecule has 2 heterocycles. The van der Waals surface area contributed by atoms with Crippen LogP contribution in [0, 0.1) is 0 Å². The summed E-state index contributed by atoms with van der Waals surface area (Å²) < 4.78 is 0.